The molecule has 21 heavy (non-hydrogen) atoms. The Morgan fingerprint density at radius 3 is 2.90 bits per heavy atom. The molecular weight excluding hydrogens is 268 g/mol. The molecule has 1 aliphatic carbocycles. The summed E-state index contributed by atoms with van der Waals surface area (Å²) in [6.45, 7) is 4.67. The van der Waals surface area contributed by atoms with E-state index in [0.717, 1.165) is 24.8 Å². The van der Waals surface area contributed by atoms with Crippen LogP contribution in [0.1, 0.15) is 43.7 Å². The lowest BCUT2D eigenvalue weighted by molar-refractivity contribution is -0.385. The Balaban J connectivity index is 2.11. The van der Waals surface area contributed by atoms with Gasteiger partial charge in [-0.25, -0.2) is 0 Å². The van der Waals surface area contributed by atoms with Gasteiger partial charge < -0.3 is 10.4 Å². The van der Waals surface area contributed by atoms with Gasteiger partial charge in [0.25, 0.3) is 5.69 Å². The molecule has 0 radical (unpaired) electrons. The van der Waals surface area contributed by atoms with Crippen LogP contribution < -0.4 is 5.32 Å². The Morgan fingerprint density at radius 1 is 1.52 bits per heavy atom. The Bertz CT molecular complexity index is 518. The first-order valence-corrected chi connectivity index (χ1v) is 7.56. The van der Waals surface area contributed by atoms with Gasteiger partial charge in [0.1, 0.15) is 0 Å². The van der Waals surface area contributed by atoms with Crippen LogP contribution in [0.2, 0.25) is 0 Å². The average Bonchev–Trinajstić information content (AvgIpc) is 2.46. The minimum atomic E-state index is -0.344. The fourth-order valence-electron chi connectivity index (χ4n) is 3.36. The zero-order chi connectivity index (χ0) is 15.5. The summed E-state index contributed by atoms with van der Waals surface area (Å²) in [5, 5.41) is 24.2. The largest absolute Gasteiger partial charge is 0.394 e. The number of nitro benzene ring substituents is 1. The SMILES string of the molecule is Cc1c(CNC2(CO)CCCC(C)C2)cccc1[N+](=O)[O-]. The summed E-state index contributed by atoms with van der Waals surface area (Å²) in [4.78, 5) is 10.6. The lowest BCUT2D eigenvalue weighted by Gasteiger charge is -2.39. The Labute approximate surface area is 125 Å². The van der Waals surface area contributed by atoms with E-state index in [-0.39, 0.29) is 22.8 Å². The van der Waals surface area contributed by atoms with Gasteiger partial charge in [0, 0.05) is 23.7 Å². The minimum absolute atomic E-state index is 0.116. The number of aliphatic hydroxyl groups excluding tert-OH is 1. The van der Waals surface area contributed by atoms with Crippen LogP contribution in [-0.4, -0.2) is 22.2 Å². The van der Waals surface area contributed by atoms with E-state index in [4.69, 9.17) is 0 Å². The highest BCUT2D eigenvalue weighted by Crippen LogP contribution is 2.32. The fraction of sp³-hybridized carbons (Fsp3) is 0.625. The summed E-state index contributed by atoms with van der Waals surface area (Å²) in [5.74, 6) is 0.601. The van der Waals surface area contributed by atoms with Crippen LogP contribution in [0.15, 0.2) is 18.2 Å². The highest BCUT2D eigenvalue weighted by Gasteiger charge is 2.34. The summed E-state index contributed by atoms with van der Waals surface area (Å²) >= 11 is 0. The number of nitrogens with zero attached hydrogens (tertiary/aromatic N) is 1. The van der Waals surface area contributed by atoms with Crippen molar-refractivity contribution in [3.8, 4) is 0 Å². The second-order valence-corrected chi connectivity index (χ2v) is 6.31. The Kier molecular flexibility index (Phi) is 4.96. The maximum absolute atomic E-state index is 11.0. The molecule has 116 valence electrons. The highest BCUT2D eigenvalue weighted by molar-refractivity contribution is 5.44. The topological polar surface area (TPSA) is 75.4 Å². The summed E-state index contributed by atoms with van der Waals surface area (Å²) in [7, 11) is 0. The van der Waals surface area contributed by atoms with Gasteiger partial charge in [-0.1, -0.05) is 31.9 Å². The van der Waals surface area contributed by atoms with E-state index in [1.807, 2.05) is 6.07 Å². The third-order valence-corrected chi connectivity index (χ3v) is 4.66. The molecule has 2 N–H and O–H groups in total. The first-order valence-electron chi connectivity index (χ1n) is 7.56. The molecule has 2 atom stereocenters. The van der Waals surface area contributed by atoms with Gasteiger partial charge in [0.05, 0.1) is 11.5 Å². The molecule has 1 aromatic rings. The van der Waals surface area contributed by atoms with Crippen molar-refractivity contribution in [2.45, 2.75) is 51.6 Å². The van der Waals surface area contributed by atoms with Crippen LogP contribution >= 0.6 is 0 Å². The maximum Gasteiger partial charge on any atom is 0.272 e. The molecule has 2 unspecified atom stereocenters. The first kappa shape index (κ1) is 15.9. The molecule has 5 nitrogen and oxygen atoms in total. The highest BCUT2D eigenvalue weighted by atomic mass is 16.6. The van der Waals surface area contributed by atoms with Crippen LogP contribution in [0, 0.1) is 23.0 Å². The standard InChI is InChI=1S/C16H24N2O3/c1-12-5-4-8-16(9-12,11-19)17-10-14-6-3-7-15(13(14)2)18(20)21/h3,6-7,12,17,19H,4-5,8-11H2,1-2H3. The third kappa shape index (κ3) is 3.60. The second-order valence-electron chi connectivity index (χ2n) is 6.31. The van der Waals surface area contributed by atoms with Crippen LogP contribution in [-0.2, 0) is 6.54 Å². The molecule has 0 aromatic heterocycles. The number of nitro groups is 1. The maximum atomic E-state index is 11.0. The van der Waals surface area contributed by atoms with Crippen molar-refractivity contribution in [1.82, 2.24) is 5.32 Å². The number of benzene rings is 1. The molecule has 2 rings (SSSR count). The molecule has 0 amide bonds. The van der Waals surface area contributed by atoms with Crippen molar-refractivity contribution in [3.63, 3.8) is 0 Å². The van der Waals surface area contributed by atoms with Crippen LogP contribution in [0.5, 0.6) is 0 Å². The quantitative estimate of drug-likeness (QED) is 0.646. The Morgan fingerprint density at radius 2 is 2.29 bits per heavy atom. The second kappa shape index (κ2) is 6.54. The first-order chi connectivity index (χ1) is 9.97. The summed E-state index contributed by atoms with van der Waals surface area (Å²) < 4.78 is 0. The molecule has 1 aromatic carbocycles. The van der Waals surface area contributed by atoms with Gasteiger partial charge in [0.15, 0.2) is 0 Å². The van der Waals surface area contributed by atoms with E-state index in [1.165, 1.54) is 12.5 Å². The molecule has 0 bridgehead atoms. The lowest BCUT2D eigenvalue weighted by atomic mass is 9.76. The number of hydrogen-bond donors (Lipinski definition) is 2. The van der Waals surface area contributed by atoms with Crippen molar-refractivity contribution < 1.29 is 10.0 Å². The Hall–Kier alpha value is -1.46. The monoisotopic (exact) mass is 292 g/mol. The fourth-order valence-corrected chi connectivity index (χ4v) is 3.36. The van der Waals surface area contributed by atoms with Gasteiger partial charge in [0.2, 0.25) is 0 Å². The predicted octanol–water partition coefficient (Wildman–Crippen LogP) is 2.93. The van der Waals surface area contributed by atoms with Crippen molar-refractivity contribution >= 4 is 5.69 Å². The van der Waals surface area contributed by atoms with Crippen LogP contribution in [0.3, 0.4) is 0 Å². The van der Waals surface area contributed by atoms with Crippen molar-refractivity contribution in [2.75, 3.05) is 6.61 Å². The van der Waals surface area contributed by atoms with Crippen molar-refractivity contribution in [2.24, 2.45) is 5.92 Å². The van der Waals surface area contributed by atoms with Gasteiger partial charge in [-0.2, -0.15) is 0 Å². The van der Waals surface area contributed by atoms with E-state index < -0.39 is 0 Å². The molecule has 0 saturated heterocycles. The number of aliphatic hydroxyl groups is 1. The summed E-state index contributed by atoms with van der Waals surface area (Å²) in [5.41, 5.74) is 1.54. The smallest absolute Gasteiger partial charge is 0.272 e. The van der Waals surface area contributed by atoms with E-state index in [1.54, 1.807) is 13.0 Å². The zero-order valence-corrected chi connectivity index (χ0v) is 12.8. The van der Waals surface area contributed by atoms with E-state index in [9.17, 15) is 15.2 Å². The molecule has 1 aliphatic rings. The summed E-state index contributed by atoms with van der Waals surface area (Å²) in [6.07, 6.45) is 4.24. The van der Waals surface area contributed by atoms with Crippen molar-refractivity contribution in [3.05, 3.63) is 39.4 Å². The molecule has 0 heterocycles. The normalized spacial score (nSPS) is 25.8. The van der Waals surface area contributed by atoms with Gasteiger partial charge in [-0.15, -0.1) is 0 Å². The molecule has 5 heteroatoms. The molecule has 0 aliphatic heterocycles. The zero-order valence-electron chi connectivity index (χ0n) is 12.8. The van der Waals surface area contributed by atoms with Gasteiger partial charge >= 0.3 is 0 Å². The average molecular weight is 292 g/mol. The number of rotatable bonds is 5. The third-order valence-electron chi connectivity index (χ3n) is 4.66. The minimum Gasteiger partial charge on any atom is -0.394 e. The van der Waals surface area contributed by atoms with Crippen LogP contribution in [0.4, 0.5) is 5.69 Å². The molecule has 1 saturated carbocycles. The number of nitrogens with one attached hydrogen (secondary N) is 1. The predicted molar refractivity (Wildman–Crippen MR) is 82.1 cm³/mol. The summed E-state index contributed by atoms with van der Waals surface area (Å²) in [6, 6.07) is 5.16. The van der Waals surface area contributed by atoms with Crippen molar-refractivity contribution in [1.29, 1.82) is 0 Å². The van der Waals surface area contributed by atoms with Crippen LogP contribution in [0.25, 0.3) is 0 Å². The van der Waals surface area contributed by atoms with E-state index in [0.29, 0.717) is 18.0 Å². The molecular formula is C16H24N2O3. The van der Waals surface area contributed by atoms with E-state index >= 15 is 0 Å². The van der Waals surface area contributed by atoms with E-state index in [2.05, 4.69) is 12.2 Å². The molecule has 0 spiro atoms. The lowest BCUT2D eigenvalue weighted by Crippen LogP contribution is -2.51. The van der Waals surface area contributed by atoms with Gasteiger partial charge in [-0.3, -0.25) is 10.1 Å². The molecule has 1 fully saturated rings. The number of hydrogen-bond acceptors (Lipinski definition) is 4. The van der Waals surface area contributed by atoms with Gasteiger partial charge in [-0.05, 0) is 31.2 Å².